The number of carbonyl (C=O) groups is 1. The van der Waals surface area contributed by atoms with E-state index in [0.29, 0.717) is 6.42 Å². The second-order valence-corrected chi connectivity index (χ2v) is 3.89. The molecule has 0 aromatic rings. The van der Waals surface area contributed by atoms with Gasteiger partial charge in [0.05, 0.1) is 13.5 Å². The molecule has 1 aliphatic heterocycles. The molecular formula is C7H14ClNO2S. The number of nitrogens with one attached hydrogen (secondary N) is 1. The van der Waals surface area contributed by atoms with E-state index in [-0.39, 0.29) is 18.4 Å². The summed E-state index contributed by atoms with van der Waals surface area (Å²) in [5, 5.41) is 3.90. The number of methoxy groups -OCH3 is 1. The summed E-state index contributed by atoms with van der Waals surface area (Å²) in [7, 11) is 1.43. The van der Waals surface area contributed by atoms with Crippen molar-refractivity contribution in [2.24, 2.45) is 0 Å². The molecule has 1 aliphatic rings. The van der Waals surface area contributed by atoms with Crippen molar-refractivity contribution < 1.29 is 9.53 Å². The van der Waals surface area contributed by atoms with E-state index in [9.17, 15) is 4.79 Å². The maximum Gasteiger partial charge on any atom is 0.306 e. The van der Waals surface area contributed by atoms with E-state index in [1.807, 2.05) is 11.8 Å². The van der Waals surface area contributed by atoms with Crippen LogP contribution in [0.2, 0.25) is 0 Å². The van der Waals surface area contributed by atoms with Gasteiger partial charge in [0.1, 0.15) is 0 Å². The highest BCUT2D eigenvalue weighted by Gasteiger charge is 2.16. The van der Waals surface area contributed by atoms with Crippen molar-refractivity contribution in [3.05, 3.63) is 0 Å². The van der Waals surface area contributed by atoms with Crippen LogP contribution in [0.15, 0.2) is 0 Å². The Kier molecular flexibility index (Phi) is 6.61. The molecule has 1 rings (SSSR count). The smallest absolute Gasteiger partial charge is 0.306 e. The topological polar surface area (TPSA) is 38.3 Å². The fourth-order valence-electron chi connectivity index (χ4n) is 0.791. The van der Waals surface area contributed by atoms with Crippen LogP contribution < -0.4 is 5.32 Å². The molecule has 1 heterocycles. The van der Waals surface area contributed by atoms with Crippen molar-refractivity contribution in [3.63, 3.8) is 0 Å². The fourth-order valence-corrected chi connectivity index (χ4v) is 1.88. The minimum Gasteiger partial charge on any atom is -0.469 e. The van der Waals surface area contributed by atoms with Gasteiger partial charge in [0.2, 0.25) is 0 Å². The average molecular weight is 212 g/mol. The zero-order chi connectivity index (χ0) is 8.10. The quantitative estimate of drug-likeness (QED) is 0.695. The molecular weight excluding hydrogens is 198 g/mol. The Hall–Kier alpha value is 0.0700. The van der Waals surface area contributed by atoms with Crippen LogP contribution in [0.4, 0.5) is 0 Å². The first-order chi connectivity index (χ1) is 5.33. The molecule has 3 nitrogen and oxygen atoms in total. The molecule has 12 heavy (non-hydrogen) atoms. The van der Waals surface area contributed by atoms with Crippen LogP contribution >= 0.6 is 24.2 Å². The van der Waals surface area contributed by atoms with Crippen LogP contribution in [0.5, 0.6) is 0 Å². The Labute approximate surface area is 83.0 Å². The molecule has 0 saturated carbocycles. The van der Waals surface area contributed by atoms with E-state index in [2.05, 4.69) is 10.1 Å². The van der Waals surface area contributed by atoms with Gasteiger partial charge in [-0.15, -0.1) is 12.4 Å². The monoisotopic (exact) mass is 211 g/mol. The van der Waals surface area contributed by atoms with Gasteiger partial charge in [-0.05, 0) is 0 Å². The third-order valence-electron chi connectivity index (χ3n) is 1.63. The number of rotatable bonds is 4. The Morgan fingerprint density at radius 3 is 2.75 bits per heavy atom. The highest BCUT2D eigenvalue weighted by Crippen LogP contribution is 2.15. The molecule has 0 radical (unpaired) electrons. The molecule has 1 N–H and O–H groups in total. The van der Waals surface area contributed by atoms with Crippen molar-refractivity contribution in [2.75, 3.05) is 26.0 Å². The predicted octanol–water partition coefficient (Wildman–Crippen LogP) is 0.676. The molecule has 5 heteroatoms. The van der Waals surface area contributed by atoms with Crippen LogP contribution in [-0.4, -0.2) is 37.2 Å². The van der Waals surface area contributed by atoms with Crippen LogP contribution in [-0.2, 0) is 9.53 Å². The number of ether oxygens (including phenoxy) is 1. The summed E-state index contributed by atoms with van der Waals surface area (Å²) in [6, 6.07) is 0. The van der Waals surface area contributed by atoms with Gasteiger partial charge in [-0.1, -0.05) is 0 Å². The molecule has 0 aromatic heterocycles. The summed E-state index contributed by atoms with van der Waals surface area (Å²) < 4.78 is 4.52. The van der Waals surface area contributed by atoms with Crippen LogP contribution in [0.3, 0.4) is 0 Å². The number of carbonyl (C=O) groups excluding carboxylic acids is 1. The molecule has 72 valence electrons. The number of hydrogen-bond acceptors (Lipinski definition) is 4. The lowest BCUT2D eigenvalue weighted by atomic mass is 10.3. The first kappa shape index (κ1) is 12.1. The van der Waals surface area contributed by atoms with Crippen molar-refractivity contribution in [1.82, 2.24) is 5.32 Å². The third-order valence-corrected chi connectivity index (χ3v) is 2.88. The van der Waals surface area contributed by atoms with Gasteiger partial charge in [-0.2, -0.15) is 11.8 Å². The zero-order valence-electron chi connectivity index (χ0n) is 7.04. The van der Waals surface area contributed by atoms with Crippen molar-refractivity contribution in [2.45, 2.75) is 11.7 Å². The number of thioether (sulfide) groups is 1. The maximum absolute atomic E-state index is 10.6. The molecule has 1 saturated heterocycles. The minimum absolute atomic E-state index is 0. The lowest BCUT2D eigenvalue weighted by molar-refractivity contribution is -0.140. The van der Waals surface area contributed by atoms with Gasteiger partial charge >= 0.3 is 5.97 Å². The molecule has 0 unspecified atom stereocenters. The summed E-state index contributed by atoms with van der Waals surface area (Å²) in [6.07, 6.45) is 0.539. The molecule has 0 amide bonds. The van der Waals surface area contributed by atoms with Gasteiger partial charge in [-0.3, -0.25) is 4.79 Å². The Balaban J connectivity index is 0.00000121. The van der Waals surface area contributed by atoms with E-state index < -0.39 is 0 Å². The second-order valence-electron chi connectivity index (χ2n) is 2.48. The average Bonchev–Trinajstić information content (AvgIpc) is 1.94. The van der Waals surface area contributed by atoms with E-state index in [1.165, 1.54) is 7.11 Å². The van der Waals surface area contributed by atoms with E-state index in [4.69, 9.17) is 0 Å². The van der Waals surface area contributed by atoms with E-state index in [1.54, 1.807) is 0 Å². The maximum atomic E-state index is 10.6. The summed E-state index contributed by atoms with van der Waals surface area (Å²) >= 11 is 1.84. The molecule has 1 fully saturated rings. The fraction of sp³-hybridized carbons (Fsp3) is 0.857. The van der Waals surface area contributed by atoms with Gasteiger partial charge in [0.25, 0.3) is 0 Å². The Bertz CT molecular complexity index is 141. The zero-order valence-corrected chi connectivity index (χ0v) is 8.67. The predicted molar refractivity (Wildman–Crippen MR) is 53.0 cm³/mol. The summed E-state index contributed by atoms with van der Waals surface area (Å²) in [6.45, 7) is 2.18. The van der Waals surface area contributed by atoms with Gasteiger partial charge < -0.3 is 10.1 Å². The molecule has 0 aliphatic carbocycles. The standard InChI is InChI=1S/C7H13NO2S.ClH/c1-10-7(9)2-3-11-6-4-8-5-6;/h6,8H,2-5H2,1H3;1H. The Morgan fingerprint density at radius 2 is 2.33 bits per heavy atom. The Morgan fingerprint density at radius 1 is 1.67 bits per heavy atom. The molecule has 0 spiro atoms. The van der Waals surface area contributed by atoms with Crippen molar-refractivity contribution in [3.8, 4) is 0 Å². The van der Waals surface area contributed by atoms with Gasteiger partial charge in [-0.25, -0.2) is 0 Å². The van der Waals surface area contributed by atoms with Crippen molar-refractivity contribution >= 4 is 30.1 Å². The van der Waals surface area contributed by atoms with Gasteiger partial charge in [0, 0.05) is 24.1 Å². The molecule has 0 aromatic carbocycles. The number of halogens is 1. The minimum atomic E-state index is -0.107. The van der Waals surface area contributed by atoms with Crippen LogP contribution in [0, 0.1) is 0 Å². The molecule has 0 atom stereocenters. The summed E-state index contributed by atoms with van der Waals surface area (Å²) in [5.74, 6) is 0.781. The summed E-state index contributed by atoms with van der Waals surface area (Å²) in [4.78, 5) is 10.6. The number of esters is 1. The second kappa shape index (κ2) is 6.57. The first-order valence-electron chi connectivity index (χ1n) is 3.72. The lowest BCUT2D eigenvalue weighted by Gasteiger charge is -2.26. The SMILES string of the molecule is COC(=O)CCSC1CNC1.Cl. The van der Waals surface area contributed by atoms with Gasteiger partial charge in [0.15, 0.2) is 0 Å². The highest BCUT2D eigenvalue weighted by molar-refractivity contribution is 8.00. The van der Waals surface area contributed by atoms with E-state index >= 15 is 0 Å². The summed E-state index contributed by atoms with van der Waals surface area (Å²) in [5.41, 5.74) is 0. The van der Waals surface area contributed by atoms with Crippen LogP contribution in [0.25, 0.3) is 0 Å². The first-order valence-corrected chi connectivity index (χ1v) is 4.77. The largest absolute Gasteiger partial charge is 0.469 e. The molecule has 0 bridgehead atoms. The lowest BCUT2D eigenvalue weighted by Crippen LogP contribution is -2.44. The highest BCUT2D eigenvalue weighted by atomic mass is 35.5. The third kappa shape index (κ3) is 4.18. The number of hydrogen-bond donors (Lipinski definition) is 1. The normalized spacial score (nSPS) is 16.1. The van der Waals surface area contributed by atoms with Crippen molar-refractivity contribution in [1.29, 1.82) is 0 Å². The van der Waals surface area contributed by atoms with Crippen LogP contribution in [0.1, 0.15) is 6.42 Å². The van der Waals surface area contributed by atoms with E-state index in [0.717, 1.165) is 24.1 Å².